The summed E-state index contributed by atoms with van der Waals surface area (Å²) < 4.78 is 11.6. The van der Waals surface area contributed by atoms with Gasteiger partial charge in [-0.3, -0.25) is 4.90 Å². The molecule has 30 heavy (non-hydrogen) atoms. The normalized spacial score (nSPS) is 16.5. The van der Waals surface area contributed by atoms with E-state index in [1.807, 2.05) is 12.1 Å². The Bertz CT molecular complexity index is 1020. The van der Waals surface area contributed by atoms with Gasteiger partial charge in [-0.1, -0.05) is 24.3 Å². The van der Waals surface area contributed by atoms with E-state index in [1.54, 1.807) is 6.26 Å². The van der Waals surface area contributed by atoms with Crippen molar-refractivity contribution in [3.8, 4) is 5.88 Å². The first-order chi connectivity index (χ1) is 14.9. The maximum absolute atomic E-state index is 5.86. The summed E-state index contributed by atoms with van der Waals surface area (Å²) in [6, 6.07) is 12.4. The number of hydrogen-bond acceptors (Lipinski definition) is 6. The van der Waals surface area contributed by atoms with Crippen LogP contribution in [0.3, 0.4) is 0 Å². The molecule has 2 aromatic heterocycles. The largest absolute Gasteiger partial charge is 0.478 e. The minimum atomic E-state index is 0.706. The molecular weight excluding hydrogens is 376 g/mol. The molecule has 1 N–H and O–H groups in total. The second-order valence-corrected chi connectivity index (χ2v) is 7.87. The third kappa shape index (κ3) is 4.14. The Balaban J connectivity index is 1.03. The number of benzene rings is 1. The lowest BCUT2D eigenvalue weighted by atomic mass is 10.2. The van der Waals surface area contributed by atoms with E-state index < -0.39 is 0 Å². The van der Waals surface area contributed by atoms with Crippen LogP contribution >= 0.6 is 0 Å². The highest BCUT2D eigenvalue weighted by molar-refractivity contribution is 5.89. The fraction of sp³-hybridized carbons (Fsp3) is 0.375. The number of para-hydroxylation sites is 1. The summed E-state index contributed by atoms with van der Waals surface area (Å²) in [5.74, 6) is 1.62. The zero-order valence-electron chi connectivity index (χ0n) is 17.2. The lowest BCUT2D eigenvalue weighted by molar-refractivity contribution is 0.236. The molecular formula is C24H28N4O2. The number of nitrogens with zero attached hydrogens (tertiary/aromatic N) is 3. The summed E-state index contributed by atoms with van der Waals surface area (Å²) >= 11 is 0. The van der Waals surface area contributed by atoms with Gasteiger partial charge in [0, 0.05) is 49.7 Å². The van der Waals surface area contributed by atoms with Gasteiger partial charge in [0.05, 0.1) is 18.6 Å². The van der Waals surface area contributed by atoms with Gasteiger partial charge < -0.3 is 19.4 Å². The molecule has 0 aliphatic carbocycles. The minimum absolute atomic E-state index is 0.706. The Labute approximate surface area is 177 Å². The van der Waals surface area contributed by atoms with Crippen LogP contribution in [0, 0.1) is 0 Å². The molecule has 5 rings (SSSR count). The number of ether oxygens (including phenoxy) is 1. The molecule has 0 saturated carbocycles. The van der Waals surface area contributed by atoms with Gasteiger partial charge >= 0.3 is 0 Å². The SMILES string of the molecule is C1=Cc2ccc(OCCCCN3CCN(c4cccc5ccoc45)CC3)nc2NC1. The average molecular weight is 405 g/mol. The van der Waals surface area contributed by atoms with E-state index in [0.29, 0.717) is 12.5 Å². The monoisotopic (exact) mass is 404 g/mol. The van der Waals surface area contributed by atoms with Crippen LogP contribution in [0.4, 0.5) is 11.5 Å². The standard InChI is InChI=1S/C24H28N4O2/c1(2-17-29-22-9-8-20-6-4-11-25-24(20)26-22)12-27-13-15-28(16-14-27)21-7-3-5-19-10-18-30-23(19)21/h3-10,18H,1-2,11-17H2,(H,25,26). The van der Waals surface area contributed by atoms with Gasteiger partial charge in [0.2, 0.25) is 5.88 Å². The summed E-state index contributed by atoms with van der Waals surface area (Å²) in [6.45, 7) is 6.90. The van der Waals surface area contributed by atoms with Crippen LogP contribution in [-0.4, -0.2) is 55.8 Å². The van der Waals surface area contributed by atoms with E-state index in [1.165, 1.54) is 11.1 Å². The summed E-state index contributed by atoms with van der Waals surface area (Å²) in [5, 5.41) is 4.45. The topological polar surface area (TPSA) is 53.8 Å². The van der Waals surface area contributed by atoms with Crippen molar-refractivity contribution in [3.63, 3.8) is 0 Å². The summed E-state index contributed by atoms with van der Waals surface area (Å²) in [4.78, 5) is 9.54. The highest BCUT2D eigenvalue weighted by Crippen LogP contribution is 2.28. The van der Waals surface area contributed by atoms with Crippen LogP contribution < -0.4 is 15.0 Å². The van der Waals surface area contributed by atoms with Crippen LogP contribution in [0.1, 0.15) is 18.4 Å². The first-order valence-electron chi connectivity index (χ1n) is 10.8. The van der Waals surface area contributed by atoms with Gasteiger partial charge in [0.15, 0.2) is 5.58 Å². The number of fused-ring (bicyclic) bond motifs is 2. The van der Waals surface area contributed by atoms with Crippen LogP contribution in [-0.2, 0) is 0 Å². The Hall–Kier alpha value is -2.99. The molecule has 156 valence electrons. The number of unbranched alkanes of at least 4 members (excludes halogenated alkanes) is 1. The molecule has 3 aromatic rings. The van der Waals surface area contributed by atoms with Crippen LogP contribution in [0.15, 0.2) is 53.2 Å². The summed E-state index contributed by atoms with van der Waals surface area (Å²) in [5.41, 5.74) is 3.34. The second kappa shape index (κ2) is 8.79. The predicted octanol–water partition coefficient (Wildman–Crippen LogP) is 4.25. The van der Waals surface area contributed by atoms with E-state index >= 15 is 0 Å². The van der Waals surface area contributed by atoms with Crippen molar-refractivity contribution in [2.24, 2.45) is 0 Å². The van der Waals surface area contributed by atoms with E-state index in [-0.39, 0.29) is 0 Å². The van der Waals surface area contributed by atoms with Crippen molar-refractivity contribution >= 4 is 28.6 Å². The zero-order chi connectivity index (χ0) is 20.2. The predicted molar refractivity (Wildman–Crippen MR) is 121 cm³/mol. The molecule has 2 aliphatic rings. The van der Waals surface area contributed by atoms with E-state index in [9.17, 15) is 0 Å². The fourth-order valence-corrected chi connectivity index (χ4v) is 4.20. The van der Waals surface area contributed by atoms with Gasteiger partial charge in [0.25, 0.3) is 0 Å². The molecule has 1 saturated heterocycles. The number of furan rings is 1. The van der Waals surface area contributed by atoms with Gasteiger partial charge in [-0.15, -0.1) is 0 Å². The molecule has 0 atom stereocenters. The van der Waals surface area contributed by atoms with Crippen molar-refractivity contribution < 1.29 is 9.15 Å². The number of piperazine rings is 1. The lowest BCUT2D eigenvalue weighted by Gasteiger charge is -2.36. The van der Waals surface area contributed by atoms with E-state index in [4.69, 9.17) is 9.15 Å². The molecule has 2 aliphatic heterocycles. The maximum atomic E-state index is 5.86. The molecule has 6 heteroatoms. The number of aromatic nitrogens is 1. The third-order valence-electron chi connectivity index (χ3n) is 5.88. The molecule has 0 amide bonds. The molecule has 1 aromatic carbocycles. The van der Waals surface area contributed by atoms with Gasteiger partial charge in [0.1, 0.15) is 5.82 Å². The highest BCUT2D eigenvalue weighted by atomic mass is 16.5. The Kier molecular flexibility index (Phi) is 5.57. The van der Waals surface area contributed by atoms with Crippen LogP contribution in [0.2, 0.25) is 0 Å². The van der Waals surface area contributed by atoms with Crippen molar-refractivity contribution in [1.29, 1.82) is 0 Å². The summed E-state index contributed by atoms with van der Waals surface area (Å²) in [6.07, 6.45) is 8.15. The highest BCUT2D eigenvalue weighted by Gasteiger charge is 2.19. The smallest absolute Gasteiger partial charge is 0.215 e. The van der Waals surface area contributed by atoms with Crippen molar-refractivity contribution in [1.82, 2.24) is 9.88 Å². The molecule has 0 unspecified atom stereocenters. The van der Waals surface area contributed by atoms with Gasteiger partial charge in [-0.25, -0.2) is 0 Å². The number of anilines is 2. The minimum Gasteiger partial charge on any atom is -0.478 e. The second-order valence-electron chi connectivity index (χ2n) is 7.87. The summed E-state index contributed by atoms with van der Waals surface area (Å²) in [7, 11) is 0. The first-order valence-corrected chi connectivity index (χ1v) is 10.8. The van der Waals surface area contributed by atoms with Crippen molar-refractivity contribution in [3.05, 3.63) is 54.3 Å². The molecule has 6 nitrogen and oxygen atoms in total. The van der Waals surface area contributed by atoms with Crippen molar-refractivity contribution in [2.75, 3.05) is 56.1 Å². The average Bonchev–Trinajstić information content (AvgIpc) is 3.28. The van der Waals surface area contributed by atoms with E-state index in [0.717, 1.165) is 69.1 Å². The lowest BCUT2D eigenvalue weighted by Crippen LogP contribution is -2.46. The Morgan fingerprint density at radius 3 is 2.90 bits per heavy atom. The molecule has 0 bridgehead atoms. The number of nitrogens with one attached hydrogen (secondary N) is 1. The Morgan fingerprint density at radius 2 is 1.97 bits per heavy atom. The van der Waals surface area contributed by atoms with Gasteiger partial charge in [-0.2, -0.15) is 4.98 Å². The van der Waals surface area contributed by atoms with Crippen molar-refractivity contribution in [2.45, 2.75) is 12.8 Å². The molecule has 0 spiro atoms. The van der Waals surface area contributed by atoms with E-state index in [2.05, 4.69) is 56.5 Å². The number of rotatable bonds is 7. The number of pyridine rings is 1. The molecule has 0 radical (unpaired) electrons. The molecule has 1 fully saturated rings. The maximum Gasteiger partial charge on any atom is 0.215 e. The molecule has 4 heterocycles. The van der Waals surface area contributed by atoms with Crippen LogP contribution in [0.5, 0.6) is 5.88 Å². The zero-order valence-corrected chi connectivity index (χ0v) is 17.2. The number of hydrogen-bond donors (Lipinski definition) is 1. The first kappa shape index (κ1) is 19.0. The van der Waals surface area contributed by atoms with Gasteiger partial charge in [-0.05, 0) is 37.6 Å². The fourth-order valence-electron chi connectivity index (χ4n) is 4.20. The quantitative estimate of drug-likeness (QED) is 0.594. The Morgan fingerprint density at radius 1 is 1.03 bits per heavy atom. The third-order valence-corrected chi connectivity index (χ3v) is 5.88. The van der Waals surface area contributed by atoms with Crippen LogP contribution in [0.25, 0.3) is 17.0 Å².